The molecule has 0 N–H and O–H groups in total. The van der Waals surface area contributed by atoms with Gasteiger partial charge >= 0.3 is 0 Å². The molecule has 25 heavy (non-hydrogen) atoms. The Balaban J connectivity index is 1.84. The summed E-state index contributed by atoms with van der Waals surface area (Å²) in [5.74, 6) is 0.791. The van der Waals surface area contributed by atoms with E-state index >= 15 is 0 Å². The molecule has 0 unspecified atom stereocenters. The topological polar surface area (TPSA) is 67.4 Å². The molecule has 0 atom stereocenters. The molecule has 0 amide bonds. The van der Waals surface area contributed by atoms with Gasteiger partial charge in [-0.1, -0.05) is 43.0 Å². The van der Waals surface area contributed by atoms with E-state index in [0.29, 0.717) is 16.6 Å². The molecule has 0 spiro atoms. The van der Waals surface area contributed by atoms with E-state index in [-0.39, 0.29) is 5.82 Å². The van der Waals surface area contributed by atoms with Gasteiger partial charge in [0, 0.05) is 17.1 Å². The van der Waals surface area contributed by atoms with Gasteiger partial charge in [0.2, 0.25) is 5.82 Å². The predicted molar refractivity (Wildman–Crippen MR) is 97.1 cm³/mol. The normalized spacial score (nSPS) is 15.4. The van der Waals surface area contributed by atoms with Gasteiger partial charge < -0.3 is 4.57 Å². The van der Waals surface area contributed by atoms with Crippen molar-refractivity contribution in [3.05, 3.63) is 41.4 Å². The highest BCUT2D eigenvalue weighted by molar-refractivity contribution is 6.30. The average Bonchev–Trinajstić information content (AvgIpc) is 3.04. The van der Waals surface area contributed by atoms with Crippen molar-refractivity contribution in [2.24, 2.45) is 5.92 Å². The Morgan fingerprint density at radius 3 is 2.80 bits per heavy atom. The van der Waals surface area contributed by atoms with Crippen LogP contribution in [0.1, 0.15) is 37.9 Å². The van der Waals surface area contributed by atoms with Crippen molar-refractivity contribution in [3.8, 4) is 17.3 Å². The summed E-state index contributed by atoms with van der Waals surface area (Å²) in [4.78, 5) is 13.2. The van der Waals surface area contributed by atoms with Gasteiger partial charge in [-0.25, -0.2) is 9.97 Å². The van der Waals surface area contributed by atoms with Crippen LogP contribution < -0.4 is 0 Å². The molecule has 2 aromatic heterocycles. The number of benzene rings is 1. The third-order valence-corrected chi connectivity index (χ3v) is 5.09. The molecule has 126 valence electrons. The number of hydrogen-bond acceptors (Lipinski definition) is 4. The number of rotatable bonds is 3. The lowest BCUT2D eigenvalue weighted by Gasteiger charge is -2.22. The van der Waals surface area contributed by atoms with Gasteiger partial charge in [-0.2, -0.15) is 10.2 Å². The summed E-state index contributed by atoms with van der Waals surface area (Å²) >= 11 is 6.16. The van der Waals surface area contributed by atoms with Gasteiger partial charge in [-0.3, -0.25) is 0 Å². The molecule has 5 nitrogen and oxygen atoms in total. The van der Waals surface area contributed by atoms with Crippen LogP contribution in [0.25, 0.3) is 22.4 Å². The Labute approximate surface area is 151 Å². The van der Waals surface area contributed by atoms with Crippen molar-refractivity contribution in [2.75, 3.05) is 0 Å². The molecule has 1 aromatic carbocycles. The molecule has 1 aliphatic rings. The van der Waals surface area contributed by atoms with Crippen molar-refractivity contribution in [1.82, 2.24) is 19.5 Å². The Morgan fingerprint density at radius 2 is 2.04 bits per heavy atom. The fourth-order valence-electron chi connectivity index (χ4n) is 3.65. The zero-order valence-electron chi connectivity index (χ0n) is 13.8. The second kappa shape index (κ2) is 6.81. The molecule has 3 aromatic rings. The van der Waals surface area contributed by atoms with Gasteiger partial charge in [-0.05, 0) is 30.9 Å². The van der Waals surface area contributed by atoms with Gasteiger partial charge in [0.15, 0.2) is 5.65 Å². The highest BCUT2D eigenvalue weighted by Gasteiger charge is 2.19. The maximum Gasteiger partial charge on any atom is 0.234 e. The lowest BCUT2D eigenvalue weighted by molar-refractivity contribution is 0.322. The Hall–Kier alpha value is -2.45. The molecule has 0 bridgehead atoms. The molecule has 0 radical (unpaired) electrons. The minimum atomic E-state index is 0.130. The molecule has 6 heteroatoms. The largest absolute Gasteiger partial charge is 0.327 e. The first-order valence-electron chi connectivity index (χ1n) is 8.63. The lowest BCUT2D eigenvalue weighted by atomic mass is 9.89. The minimum Gasteiger partial charge on any atom is -0.327 e. The van der Waals surface area contributed by atoms with Crippen LogP contribution in [0.4, 0.5) is 0 Å². The third-order valence-electron chi connectivity index (χ3n) is 4.85. The quantitative estimate of drug-likeness (QED) is 0.691. The number of nitrogens with zero attached hydrogens (tertiary/aromatic N) is 5. The fourth-order valence-corrected chi connectivity index (χ4v) is 3.84. The first kappa shape index (κ1) is 16.0. The standard InChI is InChI=1S/C19H18ClN5/c20-15-8-4-7-14(9-15)17-18-19(24-16(10-21)23-17)22-12-25(18)11-13-5-2-1-3-6-13/h4,7-9,12-13H,1-3,5-6,11H2. The van der Waals surface area contributed by atoms with E-state index in [4.69, 9.17) is 11.6 Å². The van der Waals surface area contributed by atoms with Crippen molar-refractivity contribution < 1.29 is 0 Å². The van der Waals surface area contributed by atoms with E-state index in [9.17, 15) is 5.26 Å². The van der Waals surface area contributed by atoms with Crippen LogP contribution in [0, 0.1) is 17.2 Å². The van der Waals surface area contributed by atoms with Crippen LogP contribution in [0.15, 0.2) is 30.6 Å². The Kier molecular flexibility index (Phi) is 4.37. The first-order valence-corrected chi connectivity index (χ1v) is 9.01. The summed E-state index contributed by atoms with van der Waals surface area (Å²) < 4.78 is 2.14. The van der Waals surface area contributed by atoms with Crippen LogP contribution in [-0.4, -0.2) is 19.5 Å². The molecule has 1 aliphatic carbocycles. The number of imidazole rings is 1. The summed E-state index contributed by atoms with van der Waals surface area (Å²) in [6.07, 6.45) is 8.26. The second-order valence-electron chi connectivity index (χ2n) is 6.59. The maximum absolute atomic E-state index is 9.26. The highest BCUT2D eigenvalue weighted by Crippen LogP contribution is 2.30. The molecule has 1 saturated carbocycles. The highest BCUT2D eigenvalue weighted by atomic mass is 35.5. The molecule has 0 aliphatic heterocycles. The number of nitriles is 1. The van der Waals surface area contributed by atoms with Crippen LogP contribution in [0.5, 0.6) is 0 Å². The van der Waals surface area contributed by atoms with Crippen LogP contribution in [0.2, 0.25) is 5.02 Å². The SMILES string of the molecule is N#Cc1nc(-c2cccc(Cl)c2)c2c(ncn2CC2CCCCC2)n1. The molecule has 0 saturated heterocycles. The number of halogens is 1. The van der Waals surface area contributed by atoms with Crippen molar-refractivity contribution in [3.63, 3.8) is 0 Å². The Bertz CT molecular complexity index is 950. The number of hydrogen-bond donors (Lipinski definition) is 0. The monoisotopic (exact) mass is 351 g/mol. The van der Waals surface area contributed by atoms with Gasteiger partial charge in [-0.15, -0.1) is 0 Å². The molecule has 1 fully saturated rings. The second-order valence-corrected chi connectivity index (χ2v) is 7.03. The summed E-state index contributed by atoms with van der Waals surface area (Å²) in [7, 11) is 0. The van der Waals surface area contributed by atoms with E-state index < -0.39 is 0 Å². The van der Waals surface area contributed by atoms with E-state index in [2.05, 4.69) is 19.5 Å². The first-order chi connectivity index (χ1) is 12.2. The number of fused-ring (bicyclic) bond motifs is 1. The van der Waals surface area contributed by atoms with Crippen LogP contribution in [-0.2, 0) is 6.54 Å². The van der Waals surface area contributed by atoms with Gasteiger partial charge in [0.1, 0.15) is 17.3 Å². The molecular formula is C19H18ClN5. The van der Waals surface area contributed by atoms with E-state index in [1.54, 1.807) is 0 Å². The fraction of sp³-hybridized carbons (Fsp3) is 0.368. The molecule has 2 heterocycles. The zero-order valence-corrected chi connectivity index (χ0v) is 14.6. The van der Waals surface area contributed by atoms with E-state index in [1.165, 1.54) is 32.1 Å². The summed E-state index contributed by atoms with van der Waals surface area (Å²) in [6.45, 7) is 0.916. The lowest BCUT2D eigenvalue weighted by Crippen LogP contribution is -2.14. The van der Waals surface area contributed by atoms with Crippen molar-refractivity contribution in [1.29, 1.82) is 5.26 Å². The van der Waals surface area contributed by atoms with E-state index in [0.717, 1.165) is 23.3 Å². The van der Waals surface area contributed by atoms with Gasteiger partial charge in [0.25, 0.3) is 0 Å². The van der Waals surface area contributed by atoms with E-state index in [1.807, 2.05) is 36.7 Å². The summed E-state index contributed by atoms with van der Waals surface area (Å²) in [6, 6.07) is 9.56. The minimum absolute atomic E-state index is 0.130. The molecule has 4 rings (SSSR count). The summed E-state index contributed by atoms with van der Waals surface area (Å²) in [5, 5.41) is 9.90. The Morgan fingerprint density at radius 1 is 1.20 bits per heavy atom. The molecular weight excluding hydrogens is 334 g/mol. The zero-order chi connectivity index (χ0) is 17.2. The maximum atomic E-state index is 9.26. The van der Waals surface area contributed by atoms with Gasteiger partial charge in [0.05, 0.1) is 6.33 Å². The average molecular weight is 352 g/mol. The van der Waals surface area contributed by atoms with Crippen LogP contribution >= 0.6 is 11.6 Å². The smallest absolute Gasteiger partial charge is 0.234 e. The van der Waals surface area contributed by atoms with Crippen LogP contribution in [0.3, 0.4) is 0 Å². The number of aromatic nitrogens is 4. The van der Waals surface area contributed by atoms with Crippen molar-refractivity contribution in [2.45, 2.75) is 38.6 Å². The predicted octanol–water partition coefficient (Wildman–Crippen LogP) is 4.60. The summed E-state index contributed by atoms with van der Waals surface area (Å²) in [5.41, 5.74) is 3.04. The third kappa shape index (κ3) is 3.22. The van der Waals surface area contributed by atoms with Crippen molar-refractivity contribution >= 4 is 22.8 Å².